The Morgan fingerprint density at radius 2 is 1.85 bits per heavy atom. The van der Waals surface area contributed by atoms with Crippen molar-refractivity contribution in [2.24, 2.45) is 4.99 Å². The first kappa shape index (κ1) is 20.6. The molecule has 1 aromatic heterocycles. The second kappa shape index (κ2) is 11.8. The Kier molecular flexibility index (Phi) is 8.96. The van der Waals surface area contributed by atoms with Gasteiger partial charge in [-0.15, -0.1) is 0 Å². The maximum Gasteiger partial charge on any atom is 0.213 e. The Morgan fingerprint density at radius 3 is 2.52 bits per heavy atom. The minimum absolute atomic E-state index is 0.384. The zero-order valence-electron chi connectivity index (χ0n) is 16.4. The SMILES string of the molecule is CCNC(=NCc1ccc(OCCOc2ccccc2)nc1)NC(C)CC. The van der Waals surface area contributed by atoms with Gasteiger partial charge in [-0.3, -0.25) is 0 Å². The number of hydrogen-bond acceptors (Lipinski definition) is 4. The van der Waals surface area contributed by atoms with Gasteiger partial charge in [0.05, 0.1) is 6.54 Å². The molecule has 1 heterocycles. The summed E-state index contributed by atoms with van der Waals surface area (Å²) in [5, 5.41) is 6.63. The predicted octanol–water partition coefficient (Wildman–Crippen LogP) is 3.39. The van der Waals surface area contributed by atoms with Crippen LogP contribution in [-0.4, -0.2) is 36.7 Å². The zero-order valence-corrected chi connectivity index (χ0v) is 16.4. The summed E-state index contributed by atoms with van der Waals surface area (Å²) in [5.41, 5.74) is 1.03. The molecule has 2 aromatic rings. The topological polar surface area (TPSA) is 67.8 Å². The Labute approximate surface area is 162 Å². The van der Waals surface area contributed by atoms with E-state index >= 15 is 0 Å². The van der Waals surface area contributed by atoms with E-state index in [0.717, 1.165) is 30.2 Å². The lowest BCUT2D eigenvalue weighted by Crippen LogP contribution is -2.41. The zero-order chi connectivity index (χ0) is 19.3. The van der Waals surface area contributed by atoms with Gasteiger partial charge >= 0.3 is 0 Å². The molecule has 0 aliphatic heterocycles. The fourth-order valence-corrected chi connectivity index (χ4v) is 2.24. The van der Waals surface area contributed by atoms with Crippen LogP contribution in [0.2, 0.25) is 0 Å². The van der Waals surface area contributed by atoms with E-state index in [1.165, 1.54) is 0 Å². The maximum atomic E-state index is 5.62. The first-order chi connectivity index (χ1) is 13.2. The van der Waals surface area contributed by atoms with Crippen LogP contribution in [0.1, 0.15) is 32.8 Å². The molecule has 0 amide bonds. The van der Waals surface area contributed by atoms with Crippen LogP contribution in [0.3, 0.4) is 0 Å². The van der Waals surface area contributed by atoms with Gasteiger partial charge in [0.2, 0.25) is 5.88 Å². The number of aliphatic imine (C=N–C) groups is 1. The molecule has 2 N–H and O–H groups in total. The number of nitrogens with one attached hydrogen (secondary N) is 2. The highest BCUT2D eigenvalue weighted by Gasteiger charge is 2.03. The lowest BCUT2D eigenvalue weighted by Gasteiger charge is -2.16. The van der Waals surface area contributed by atoms with Crippen LogP contribution in [0.4, 0.5) is 0 Å². The smallest absolute Gasteiger partial charge is 0.213 e. The summed E-state index contributed by atoms with van der Waals surface area (Å²) in [6.07, 6.45) is 2.84. The van der Waals surface area contributed by atoms with Crippen LogP contribution >= 0.6 is 0 Å². The molecule has 0 spiro atoms. The molecule has 0 bridgehead atoms. The first-order valence-electron chi connectivity index (χ1n) is 9.51. The molecule has 6 heteroatoms. The summed E-state index contributed by atoms with van der Waals surface area (Å²) in [6, 6.07) is 13.9. The number of nitrogens with zero attached hydrogens (tertiary/aromatic N) is 2. The molecular formula is C21H30N4O2. The fourth-order valence-electron chi connectivity index (χ4n) is 2.24. The standard InChI is InChI=1S/C21H30N4O2/c1-4-17(3)25-21(22-5-2)24-16-18-11-12-20(23-15-18)27-14-13-26-19-9-7-6-8-10-19/h6-12,15,17H,4-5,13-14,16H2,1-3H3,(H2,22,24,25). The van der Waals surface area contributed by atoms with Crippen molar-refractivity contribution in [3.8, 4) is 11.6 Å². The number of hydrogen-bond donors (Lipinski definition) is 2. The number of rotatable bonds is 10. The second-order valence-electron chi connectivity index (χ2n) is 6.16. The van der Waals surface area contributed by atoms with Crippen molar-refractivity contribution in [3.05, 3.63) is 54.2 Å². The largest absolute Gasteiger partial charge is 0.490 e. The Morgan fingerprint density at radius 1 is 1.07 bits per heavy atom. The van der Waals surface area contributed by atoms with Crippen LogP contribution in [0.5, 0.6) is 11.6 Å². The predicted molar refractivity (Wildman–Crippen MR) is 109 cm³/mol. The minimum atomic E-state index is 0.384. The molecule has 0 aliphatic rings. The molecule has 0 aliphatic carbocycles. The lowest BCUT2D eigenvalue weighted by atomic mass is 10.3. The van der Waals surface area contributed by atoms with Gasteiger partial charge in [0.25, 0.3) is 0 Å². The number of para-hydroxylation sites is 1. The lowest BCUT2D eigenvalue weighted by molar-refractivity contribution is 0.212. The third-order valence-corrected chi connectivity index (χ3v) is 3.90. The average molecular weight is 370 g/mol. The van der Waals surface area contributed by atoms with Gasteiger partial charge < -0.3 is 20.1 Å². The van der Waals surface area contributed by atoms with Crippen LogP contribution in [-0.2, 0) is 6.54 Å². The van der Waals surface area contributed by atoms with E-state index in [0.29, 0.717) is 31.7 Å². The van der Waals surface area contributed by atoms with Crippen LogP contribution < -0.4 is 20.1 Å². The normalized spacial score (nSPS) is 12.3. The fraction of sp³-hybridized carbons (Fsp3) is 0.429. The number of ether oxygens (including phenoxy) is 2. The van der Waals surface area contributed by atoms with Gasteiger partial charge in [-0.05, 0) is 38.0 Å². The van der Waals surface area contributed by atoms with Gasteiger partial charge in [0.1, 0.15) is 19.0 Å². The molecule has 0 saturated heterocycles. The van der Waals surface area contributed by atoms with E-state index in [1.54, 1.807) is 6.20 Å². The third kappa shape index (κ3) is 7.98. The van der Waals surface area contributed by atoms with Crippen molar-refractivity contribution in [2.45, 2.75) is 39.8 Å². The summed E-state index contributed by atoms with van der Waals surface area (Å²) in [7, 11) is 0. The van der Waals surface area contributed by atoms with Crippen molar-refractivity contribution in [2.75, 3.05) is 19.8 Å². The molecule has 27 heavy (non-hydrogen) atoms. The van der Waals surface area contributed by atoms with Crippen LogP contribution in [0, 0.1) is 0 Å². The van der Waals surface area contributed by atoms with E-state index in [-0.39, 0.29) is 0 Å². The first-order valence-corrected chi connectivity index (χ1v) is 9.51. The average Bonchev–Trinajstić information content (AvgIpc) is 2.71. The van der Waals surface area contributed by atoms with Gasteiger partial charge in [-0.1, -0.05) is 31.2 Å². The van der Waals surface area contributed by atoms with Crippen molar-refractivity contribution in [1.29, 1.82) is 0 Å². The third-order valence-electron chi connectivity index (χ3n) is 3.90. The molecule has 1 unspecified atom stereocenters. The van der Waals surface area contributed by atoms with Crippen molar-refractivity contribution in [1.82, 2.24) is 15.6 Å². The highest BCUT2D eigenvalue weighted by Crippen LogP contribution is 2.10. The molecule has 2 rings (SSSR count). The summed E-state index contributed by atoms with van der Waals surface area (Å²) < 4.78 is 11.2. The monoisotopic (exact) mass is 370 g/mol. The molecule has 146 valence electrons. The van der Waals surface area contributed by atoms with Crippen molar-refractivity contribution >= 4 is 5.96 Å². The summed E-state index contributed by atoms with van der Waals surface area (Å²) >= 11 is 0. The highest BCUT2D eigenvalue weighted by molar-refractivity contribution is 5.80. The molecule has 1 aromatic carbocycles. The number of aromatic nitrogens is 1. The number of guanidine groups is 1. The quantitative estimate of drug-likeness (QED) is 0.381. The van der Waals surface area contributed by atoms with Gasteiger partial charge in [-0.2, -0.15) is 0 Å². The summed E-state index contributed by atoms with van der Waals surface area (Å²) in [4.78, 5) is 8.94. The van der Waals surface area contributed by atoms with E-state index in [2.05, 4.69) is 41.4 Å². The van der Waals surface area contributed by atoms with E-state index in [4.69, 9.17) is 9.47 Å². The Hall–Kier alpha value is -2.76. The molecular weight excluding hydrogens is 340 g/mol. The van der Waals surface area contributed by atoms with E-state index < -0.39 is 0 Å². The van der Waals surface area contributed by atoms with Crippen LogP contribution in [0.15, 0.2) is 53.7 Å². The summed E-state index contributed by atoms with van der Waals surface area (Å²) in [5.74, 6) is 2.25. The summed E-state index contributed by atoms with van der Waals surface area (Å²) in [6.45, 7) is 8.67. The maximum absolute atomic E-state index is 5.62. The highest BCUT2D eigenvalue weighted by atomic mass is 16.5. The van der Waals surface area contributed by atoms with E-state index in [1.807, 2.05) is 42.5 Å². The van der Waals surface area contributed by atoms with E-state index in [9.17, 15) is 0 Å². The number of benzene rings is 1. The van der Waals surface area contributed by atoms with Gasteiger partial charge in [0.15, 0.2) is 5.96 Å². The number of pyridine rings is 1. The van der Waals surface area contributed by atoms with Gasteiger partial charge in [0, 0.05) is 24.8 Å². The molecule has 1 atom stereocenters. The Balaban J connectivity index is 1.77. The molecule has 0 radical (unpaired) electrons. The molecule has 0 fully saturated rings. The van der Waals surface area contributed by atoms with Crippen LogP contribution in [0.25, 0.3) is 0 Å². The Bertz CT molecular complexity index is 674. The van der Waals surface area contributed by atoms with Crippen molar-refractivity contribution in [3.63, 3.8) is 0 Å². The van der Waals surface area contributed by atoms with Crippen molar-refractivity contribution < 1.29 is 9.47 Å². The molecule has 6 nitrogen and oxygen atoms in total. The minimum Gasteiger partial charge on any atom is -0.490 e. The molecule has 0 saturated carbocycles. The second-order valence-corrected chi connectivity index (χ2v) is 6.16. The van der Waals surface area contributed by atoms with Gasteiger partial charge in [-0.25, -0.2) is 9.98 Å².